The summed E-state index contributed by atoms with van der Waals surface area (Å²) in [5.41, 5.74) is -1.98. The lowest BCUT2D eigenvalue weighted by Crippen LogP contribution is -2.44. The van der Waals surface area contributed by atoms with Gasteiger partial charge in [-0.3, -0.25) is 4.79 Å². The summed E-state index contributed by atoms with van der Waals surface area (Å²) in [5.74, 6) is -7.42. The molecule has 1 aliphatic rings. The van der Waals surface area contributed by atoms with Gasteiger partial charge in [-0.15, -0.1) is 0 Å². The number of nitrogens with one attached hydrogen (secondary N) is 2. The number of aromatic hydroxyl groups is 1. The fourth-order valence-corrected chi connectivity index (χ4v) is 1.98. The first-order chi connectivity index (χ1) is 9.34. The predicted molar refractivity (Wildman–Crippen MR) is 62.8 cm³/mol. The van der Waals surface area contributed by atoms with Crippen molar-refractivity contribution in [2.45, 2.75) is 12.0 Å². The van der Waals surface area contributed by atoms with Gasteiger partial charge in [-0.2, -0.15) is 4.39 Å². The number of carbonyl (C=O) groups excluding carboxylic acids is 1. The topological polar surface area (TPSA) is 81.6 Å². The van der Waals surface area contributed by atoms with Crippen LogP contribution in [0.2, 0.25) is 0 Å². The molecule has 1 amide bonds. The van der Waals surface area contributed by atoms with Gasteiger partial charge in [-0.1, -0.05) is 0 Å². The van der Waals surface area contributed by atoms with Crippen molar-refractivity contribution in [1.82, 2.24) is 10.6 Å². The van der Waals surface area contributed by atoms with Gasteiger partial charge in [-0.05, 0) is 19.0 Å². The highest BCUT2D eigenvalue weighted by molar-refractivity contribution is 5.95. The van der Waals surface area contributed by atoms with Crippen molar-refractivity contribution in [2.75, 3.05) is 19.6 Å². The quantitative estimate of drug-likeness (QED) is 0.602. The number of aliphatic hydroxyl groups is 1. The Morgan fingerprint density at radius 1 is 1.40 bits per heavy atom. The second-order valence-electron chi connectivity index (χ2n) is 4.72. The molecule has 1 atom stereocenters. The van der Waals surface area contributed by atoms with Gasteiger partial charge in [0, 0.05) is 13.1 Å². The van der Waals surface area contributed by atoms with E-state index in [-0.39, 0.29) is 13.1 Å². The maximum atomic E-state index is 13.5. The Morgan fingerprint density at radius 2 is 2.10 bits per heavy atom. The molecule has 1 aromatic rings. The summed E-state index contributed by atoms with van der Waals surface area (Å²) in [6, 6.07) is 0.358. The predicted octanol–water partition coefficient (Wildman–Crippen LogP) is 0.264. The first kappa shape index (κ1) is 14.6. The van der Waals surface area contributed by atoms with Gasteiger partial charge >= 0.3 is 0 Å². The SMILES string of the molecule is O=C(NCC1(O)CCNC1)c1cc(F)c(F)c(O)c1F. The van der Waals surface area contributed by atoms with E-state index in [0.29, 0.717) is 19.0 Å². The Morgan fingerprint density at radius 3 is 2.70 bits per heavy atom. The van der Waals surface area contributed by atoms with E-state index >= 15 is 0 Å². The zero-order valence-electron chi connectivity index (χ0n) is 10.3. The first-order valence-electron chi connectivity index (χ1n) is 5.92. The number of amides is 1. The Labute approximate surface area is 112 Å². The third kappa shape index (κ3) is 2.70. The third-order valence-electron chi connectivity index (χ3n) is 3.18. The number of β-amino-alcohol motifs (C(OH)–C–C–N with tert-alkyl or cyclic N) is 1. The molecule has 0 aliphatic carbocycles. The number of phenols is 1. The highest BCUT2D eigenvalue weighted by Gasteiger charge is 2.32. The van der Waals surface area contributed by atoms with Crippen LogP contribution in [0.15, 0.2) is 6.07 Å². The standard InChI is InChI=1S/C12H13F3N2O3/c13-7-3-6(8(14)10(18)9(7)15)11(19)17-5-12(20)1-2-16-4-12/h3,16,18,20H,1-2,4-5H2,(H,17,19). The molecule has 1 aliphatic heterocycles. The van der Waals surface area contributed by atoms with Crippen LogP contribution in [0.25, 0.3) is 0 Å². The summed E-state index contributed by atoms with van der Waals surface area (Å²) in [4.78, 5) is 11.7. The number of hydrogen-bond donors (Lipinski definition) is 4. The minimum Gasteiger partial charge on any atom is -0.503 e. The van der Waals surface area contributed by atoms with Crippen molar-refractivity contribution in [3.8, 4) is 5.75 Å². The Kier molecular flexibility index (Phi) is 3.87. The van der Waals surface area contributed by atoms with Crippen LogP contribution in [-0.4, -0.2) is 41.4 Å². The van der Waals surface area contributed by atoms with E-state index in [1.165, 1.54) is 0 Å². The summed E-state index contributed by atoms with van der Waals surface area (Å²) < 4.78 is 39.4. The van der Waals surface area contributed by atoms with Gasteiger partial charge in [0.2, 0.25) is 5.82 Å². The Balaban J connectivity index is 2.13. The fourth-order valence-electron chi connectivity index (χ4n) is 1.98. The van der Waals surface area contributed by atoms with Crippen LogP contribution in [-0.2, 0) is 0 Å². The molecular formula is C12H13F3N2O3. The van der Waals surface area contributed by atoms with E-state index < -0.39 is 40.3 Å². The molecule has 1 aromatic carbocycles. The van der Waals surface area contributed by atoms with Crippen LogP contribution in [0, 0.1) is 17.5 Å². The molecular weight excluding hydrogens is 277 g/mol. The van der Waals surface area contributed by atoms with E-state index in [2.05, 4.69) is 10.6 Å². The largest absolute Gasteiger partial charge is 0.503 e. The van der Waals surface area contributed by atoms with Gasteiger partial charge in [0.05, 0.1) is 11.2 Å². The maximum absolute atomic E-state index is 13.5. The maximum Gasteiger partial charge on any atom is 0.254 e. The van der Waals surface area contributed by atoms with Crippen LogP contribution in [0.1, 0.15) is 16.8 Å². The van der Waals surface area contributed by atoms with Crippen LogP contribution < -0.4 is 10.6 Å². The second kappa shape index (κ2) is 5.29. The number of carbonyl (C=O) groups is 1. The monoisotopic (exact) mass is 290 g/mol. The highest BCUT2D eigenvalue weighted by atomic mass is 19.2. The van der Waals surface area contributed by atoms with Crippen LogP contribution in [0.3, 0.4) is 0 Å². The van der Waals surface area contributed by atoms with Crippen molar-refractivity contribution in [1.29, 1.82) is 0 Å². The van der Waals surface area contributed by atoms with Gasteiger partial charge < -0.3 is 20.8 Å². The number of rotatable bonds is 3. The molecule has 0 aromatic heterocycles. The summed E-state index contributed by atoms with van der Waals surface area (Å²) in [7, 11) is 0. The van der Waals surface area contributed by atoms with Gasteiger partial charge in [-0.25, -0.2) is 8.78 Å². The van der Waals surface area contributed by atoms with E-state index in [0.717, 1.165) is 0 Å². The minimum atomic E-state index is -1.75. The van der Waals surface area contributed by atoms with Crippen molar-refractivity contribution in [3.05, 3.63) is 29.1 Å². The molecule has 1 unspecified atom stereocenters. The normalized spacial score (nSPS) is 22.0. The molecule has 0 bridgehead atoms. The Bertz CT molecular complexity index is 545. The zero-order chi connectivity index (χ0) is 14.9. The average molecular weight is 290 g/mol. The van der Waals surface area contributed by atoms with Crippen molar-refractivity contribution in [2.24, 2.45) is 0 Å². The molecule has 0 radical (unpaired) electrons. The third-order valence-corrected chi connectivity index (χ3v) is 3.18. The minimum absolute atomic E-state index is 0.169. The summed E-state index contributed by atoms with van der Waals surface area (Å²) >= 11 is 0. The molecule has 110 valence electrons. The van der Waals surface area contributed by atoms with E-state index in [9.17, 15) is 23.1 Å². The number of hydrogen-bond acceptors (Lipinski definition) is 4. The number of halogens is 3. The van der Waals surface area contributed by atoms with Crippen molar-refractivity contribution < 1.29 is 28.2 Å². The van der Waals surface area contributed by atoms with Gasteiger partial charge in [0.15, 0.2) is 17.4 Å². The van der Waals surface area contributed by atoms with Gasteiger partial charge in [0.1, 0.15) is 0 Å². The molecule has 5 nitrogen and oxygen atoms in total. The van der Waals surface area contributed by atoms with Gasteiger partial charge in [0.25, 0.3) is 5.91 Å². The van der Waals surface area contributed by atoms with E-state index in [4.69, 9.17) is 5.11 Å². The summed E-state index contributed by atoms with van der Waals surface area (Å²) in [6.07, 6.45) is 0.402. The highest BCUT2D eigenvalue weighted by Crippen LogP contribution is 2.25. The number of phenolic OH excluding ortho intramolecular Hbond substituents is 1. The van der Waals surface area contributed by atoms with Crippen LogP contribution in [0.4, 0.5) is 13.2 Å². The molecule has 20 heavy (non-hydrogen) atoms. The summed E-state index contributed by atoms with van der Waals surface area (Å²) in [6.45, 7) is 0.670. The van der Waals surface area contributed by atoms with E-state index in [1.54, 1.807) is 0 Å². The molecule has 4 N–H and O–H groups in total. The molecule has 0 saturated carbocycles. The van der Waals surface area contributed by atoms with Crippen LogP contribution >= 0.6 is 0 Å². The molecule has 2 rings (SSSR count). The lowest BCUT2D eigenvalue weighted by atomic mass is 10.0. The van der Waals surface area contributed by atoms with Crippen molar-refractivity contribution >= 4 is 5.91 Å². The molecule has 1 fully saturated rings. The number of benzene rings is 1. The molecule has 1 heterocycles. The second-order valence-corrected chi connectivity index (χ2v) is 4.72. The smallest absolute Gasteiger partial charge is 0.254 e. The zero-order valence-corrected chi connectivity index (χ0v) is 10.3. The summed E-state index contributed by atoms with van der Waals surface area (Å²) in [5, 5.41) is 24.1. The van der Waals surface area contributed by atoms with Crippen molar-refractivity contribution in [3.63, 3.8) is 0 Å². The molecule has 0 spiro atoms. The lowest BCUT2D eigenvalue weighted by Gasteiger charge is -2.21. The lowest BCUT2D eigenvalue weighted by molar-refractivity contribution is 0.0560. The first-order valence-corrected chi connectivity index (χ1v) is 5.92. The molecule has 8 heteroatoms. The Hall–Kier alpha value is -1.80. The average Bonchev–Trinajstić information content (AvgIpc) is 2.85. The fraction of sp³-hybridized carbons (Fsp3) is 0.417. The van der Waals surface area contributed by atoms with Crippen LogP contribution in [0.5, 0.6) is 5.75 Å². The van der Waals surface area contributed by atoms with E-state index in [1.807, 2.05) is 0 Å². The molecule has 1 saturated heterocycles.